The Kier molecular flexibility index (Phi) is 8.77. The zero-order chi connectivity index (χ0) is 31.2. The van der Waals surface area contributed by atoms with E-state index in [0.717, 1.165) is 12.1 Å². The van der Waals surface area contributed by atoms with Gasteiger partial charge in [-0.3, -0.25) is 4.79 Å². The van der Waals surface area contributed by atoms with E-state index in [9.17, 15) is 55.9 Å². The lowest BCUT2D eigenvalue weighted by Crippen LogP contribution is -2.65. The van der Waals surface area contributed by atoms with Gasteiger partial charge >= 0.3 is 0 Å². The fraction of sp³-hybridized carbons (Fsp3) is 0.444. The van der Waals surface area contributed by atoms with Gasteiger partial charge in [-0.25, -0.2) is 0 Å². The summed E-state index contributed by atoms with van der Waals surface area (Å²) < 4.78 is 27.9. The fourth-order valence-corrected chi connectivity index (χ4v) is 4.89. The van der Waals surface area contributed by atoms with Gasteiger partial charge in [0.25, 0.3) is 0 Å². The molecule has 16 nitrogen and oxygen atoms in total. The molecule has 2 aromatic carbocycles. The van der Waals surface area contributed by atoms with Crippen molar-refractivity contribution in [3.05, 3.63) is 46.6 Å². The van der Waals surface area contributed by atoms with Gasteiger partial charge in [-0.1, -0.05) is 0 Å². The Balaban J connectivity index is 1.40. The SMILES string of the molecule is O=c1cc(-c2ccc(O[C@@H]3O[C@H](CO)[C@@H](O)[C@H](O)[C@H]3O[C@@H]3O[C@H](CO)[C@@H](O)[C@@H](O)[C@@H]3O)cc2)oc2c(O)c(O)cc(O)c12. The number of aliphatic hydroxyl groups excluding tert-OH is 7. The van der Waals surface area contributed by atoms with E-state index in [4.69, 9.17) is 23.4 Å². The fourth-order valence-electron chi connectivity index (χ4n) is 4.89. The van der Waals surface area contributed by atoms with Crippen LogP contribution in [0.4, 0.5) is 0 Å². The van der Waals surface area contributed by atoms with Crippen LogP contribution in [0.2, 0.25) is 0 Å². The molecule has 0 unspecified atom stereocenters. The van der Waals surface area contributed by atoms with Crippen LogP contribution in [-0.4, -0.2) is 126 Å². The summed E-state index contributed by atoms with van der Waals surface area (Å²) in [6.45, 7) is -1.46. The van der Waals surface area contributed by atoms with E-state index in [-0.39, 0.29) is 16.9 Å². The molecule has 0 radical (unpaired) electrons. The monoisotopic (exact) mass is 610 g/mol. The van der Waals surface area contributed by atoms with Gasteiger partial charge in [0.15, 0.2) is 29.2 Å². The maximum absolute atomic E-state index is 12.6. The molecule has 10 N–H and O–H groups in total. The topological polar surface area (TPSA) is 269 Å². The Labute approximate surface area is 241 Å². The first-order chi connectivity index (χ1) is 20.4. The number of ether oxygens (including phenoxy) is 4. The molecule has 2 aliphatic rings. The van der Waals surface area contributed by atoms with Crippen LogP contribution in [-0.2, 0) is 14.2 Å². The van der Waals surface area contributed by atoms with Crippen LogP contribution in [0.3, 0.4) is 0 Å². The molecule has 16 heteroatoms. The predicted octanol–water partition coefficient (Wildman–Crippen LogP) is -2.42. The Morgan fingerprint density at radius 3 is 1.95 bits per heavy atom. The number of hydrogen-bond donors (Lipinski definition) is 10. The maximum atomic E-state index is 12.6. The minimum absolute atomic E-state index is 0.0408. The van der Waals surface area contributed by atoms with Crippen molar-refractivity contribution >= 4 is 11.0 Å². The Bertz CT molecular complexity index is 1490. The molecule has 0 saturated carbocycles. The van der Waals surface area contributed by atoms with Gasteiger partial charge in [0.2, 0.25) is 12.0 Å². The van der Waals surface area contributed by atoms with Gasteiger partial charge in [-0.05, 0) is 24.3 Å². The van der Waals surface area contributed by atoms with E-state index >= 15 is 0 Å². The van der Waals surface area contributed by atoms with Crippen molar-refractivity contribution in [2.24, 2.45) is 0 Å². The summed E-state index contributed by atoms with van der Waals surface area (Å²) in [6, 6.07) is 7.51. The number of rotatable bonds is 7. The van der Waals surface area contributed by atoms with Crippen LogP contribution < -0.4 is 10.2 Å². The molecule has 2 fully saturated rings. The van der Waals surface area contributed by atoms with Crippen LogP contribution in [0.15, 0.2) is 45.6 Å². The number of benzene rings is 2. The van der Waals surface area contributed by atoms with Crippen LogP contribution in [0, 0.1) is 0 Å². The quantitative estimate of drug-likeness (QED) is 0.0985. The molecule has 2 aliphatic heterocycles. The molecule has 1 aromatic heterocycles. The maximum Gasteiger partial charge on any atom is 0.229 e. The van der Waals surface area contributed by atoms with Crippen molar-refractivity contribution in [3.8, 4) is 34.3 Å². The molecular formula is C27H30O16. The second-order valence-corrected chi connectivity index (χ2v) is 10.1. The lowest BCUT2D eigenvalue weighted by Gasteiger charge is -2.45. The number of fused-ring (bicyclic) bond motifs is 1. The van der Waals surface area contributed by atoms with Crippen LogP contribution >= 0.6 is 0 Å². The standard InChI is InChI=1S/C27H30O16/c28-7-15-19(34)21(36)23(38)26(41-15)43-25-22(37)20(35)16(8-29)42-27(25)39-10-3-1-9(2-4-10)14-6-12(31)17-11(30)5-13(32)18(33)24(17)40-14/h1-6,15-16,19-23,25-30,32-38H,7-8H2/t15-,16-,19-,20-,21-,22+,23+,25-,26+,27-/m1/s1. The minimum Gasteiger partial charge on any atom is -0.507 e. The smallest absolute Gasteiger partial charge is 0.229 e. The highest BCUT2D eigenvalue weighted by Crippen LogP contribution is 2.39. The van der Waals surface area contributed by atoms with E-state index in [1.807, 2.05) is 0 Å². The molecule has 0 spiro atoms. The van der Waals surface area contributed by atoms with E-state index in [1.54, 1.807) is 0 Å². The third-order valence-corrected chi connectivity index (χ3v) is 7.29. The summed E-state index contributed by atoms with van der Waals surface area (Å²) in [5.74, 6) is -1.99. The summed E-state index contributed by atoms with van der Waals surface area (Å²) in [5.41, 5.74) is -0.835. The molecule has 10 atom stereocenters. The molecule has 0 aliphatic carbocycles. The summed E-state index contributed by atoms with van der Waals surface area (Å²) in [4.78, 5) is 12.6. The second kappa shape index (κ2) is 12.2. The highest BCUT2D eigenvalue weighted by molar-refractivity contribution is 5.91. The minimum atomic E-state index is -1.84. The van der Waals surface area contributed by atoms with Gasteiger partial charge in [0.1, 0.15) is 65.4 Å². The largest absolute Gasteiger partial charge is 0.507 e. The molecule has 3 heterocycles. The third-order valence-electron chi connectivity index (χ3n) is 7.29. The zero-order valence-corrected chi connectivity index (χ0v) is 22.1. The molecule has 2 saturated heterocycles. The number of aliphatic hydroxyl groups is 7. The van der Waals surface area contributed by atoms with Gasteiger partial charge in [0, 0.05) is 17.7 Å². The van der Waals surface area contributed by atoms with E-state index < -0.39 is 103 Å². The van der Waals surface area contributed by atoms with Crippen molar-refractivity contribution in [1.82, 2.24) is 0 Å². The average Bonchev–Trinajstić information content (AvgIpc) is 2.99. The molecule has 43 heavy (non-hydrogen) atoms. The normalized spacial score (nSPS) is 33.0. The van der Waals surface area contributed by atoms with Crippen molar-refractivity contribution in [1.29, 1.82) is 0 Å². The molecule has 5 rings (SSSR count). The lowest BCUT2D eigenvalue weighted by molar-refractivity contribution is -0.357. The van der Waals surface area contributed by atoms with Crippen LogP contribution in [0.5, 0.6) is 23.0 Å². The number of hydrogen-bond acceptors (Lipinski definition) is 16. The molecular weight excluding hydrogens is 580 g/mol. The highest BCUT2D eigenvalue weighted by Gasteiger charge is 2.51. The third kappa shape index (κ3) is 5.73. The predicted molar refractivity (Wildman–Crippen MR) is 140 cm³/mol. The first-order valence-electron chi connectivity index (χ1n) is 13.0. The first-order valence-corrected chi connectivity index (χ1v) is 13.0. The van der Waals surface area contributed by atoms with Gasteiger partial charge < -0.3 is 74.4 Å². The van der Waals surface area contributed by atoms with E-state index in [0.29, 0.717) is 5.56 Å². The molecule has 234 valence electrons. The van der Waals surface area contributed by atoms with Crippen molar-refractivity contribution in [2.45, 2.75) is 61.4 Å². The molecule has 3 aromatic rings. The summed E-state index contributed by atoms with van der Waals surface area (Å²) in [5, 5.41) is 100. The number of phenolic OH excluding ortho intramolecular Hbond substituents is 3. The Morgan fingerprint density at radius 2 is 1.33 bits per heavy atom. The average molecular weight is 611 g/mol. The number of phenols is 3. The molecule has 0 bridgehead atoms. The first kappa shape index (κ1) is 30.9. The Morgan fingerprint density at radius 1 is 0.721 bits per heavy atom. The lowest BCUT2D eigenvalue weighted by atomic mass is 9.97. The summed E-state index contributed by atoms with van der Waals surface area (Å²) in [7, 11) is 0. The van der Waals surface area contributed by atoms with Crippen LogP contribution in [0.1, 0.15) is 0 Å². The van der Waals surface area contributed by atoms with Gasteiger partial charge in [-0.15, -0.1) is 0 Å². The summed E-state index contributed by atoms with van der Waals surface area (Å²) >= 11 is 0. The number of aromatic hydroxyl groups is 3. The van der Waals surface area contributed by atoms with Crippen molar-refractivity contribution in [2.75, 3.05) is 13.2 Å². The van der Waals surface area contributed by atoms with Crippen molar-refractivity contribution < 1.29 is 74.4 Å². The van der Waals surface area contributed by atoms with E-state index in [2.05, 4.69) is 0 Å². The highest BCUT2D eigenvalue weighted by atomic mass is 16.8. The van der Waals surface area contributed by atoms with Crippen molar-refractivity contribution in [3.63, 3.8) is 0 Å². The zero-order valence-electron chi connectivity index (χ0n) is 22.1. The van der Waals surface area contributed by atoms with Crippen LogP contribution in [0.25, 0.3) is 22.3 Å². The van der Waals surface area contributed by atoms with E-state index in [1.165, 1.54) is 24.3 Å². The summed E-state index contributed by atoms with van der Waals surface area (Å²) in [6.07, 6.45) is -16.2. The second-order valence-electron chi connectivity index (χ2n) is 10.1. The van der Waals surface area contributed by atoms with Gasteiger partial charge in [0.05, 0.1) is 13.2 Å². The Hall–Kier alpha value is -3.55. The van der Waals surface area contributed by atoms with Gasteiger partial charge in [-0.2, -0.15) is 0 Å². The molecule has 0 amide bonds.